The van der Waals surface area contributed by atoms with Crippen LogP contribution in [0.2, 0.25) is 0 Å². The first-order valence-corrected chi connectivity index (χ1v) is 9.27. The SMILES string of the molecule is COC(=O)c1ccc(C)c(NC(=O)COC(=O)CNC(=O)c2cccc(Br)c2)c1. The number of methoxy groups -OCH3 is 1. The Labute approximate surface area is 175 Å². The number of benzene rings is 2. The summed E-state index contributed by atoms with van der Waals surface area (Å²) < 4.78 is 10.2. The van der Waals surface area contributed by atoms with E-state index in [4.69, 9.17) is 4.74 Å². The zero-order valence-electron chi connectivity index (χ0n) is 15.8. The number of rotatable bonds is 7. The number of carbonyl (C=O) groups excluding carboxylic acids is 4. The third-order valence-electron chi connectivity index (χ3n) is 3.78. The molecule has 9 heteroatoms. The van der Waals surface area contributed by atoms with Crippen LogP contribution in [0.4, 0.5) is 5.69 Å². The fraction of sp³-hybridized carbons (Fsp3) is 0.200. The van der Waals surface area contributed by atoms with Crippen LogP contribution in [0.25, 0.3) is 0 Å². The molecule has 8 nitrogen and oxygen atoms in total. The maximum absolute atomic E-state index is 12.0. The lowest BCUT2D eigenvalue weighted by atomic mass is 10.1. The lowest BCUT2D eigenvalue weighted by Crippen LogP contribution is -2.32. The Morgan fingerprint density at radius 2 is 1.79 bits per heavy atom. The van der Waals surface area contributed by atoms with Crippen molar-refractivity contribution < 1.29 is 28.7 Å². The van der Waals surface area contributed by atoms with Gasteiger partial charge in [-0.1, -0.05) is 28.1 Å². The van der Waals surface area contributed by atoms with E-state index in [1.165, 1.54) is 13.2 Å². The monoisotopic (exact) mass is 462 g/mol. The van der Waals surface area contributed by atoms with Crippen molar-refractivity contribution in [1.29, 1.82) is 0 Å². The molecule has 2 aromatic rings. The van der Waals surface area contributed by atoms with Crippen LogP contribution in [0.15, 0.2) is 46.9 Å². The lowest BCUT2D eigenvalue weighted by Gasteiger charge is -2.11. The molecular weight excluding hydrogens is 444 g/mol. The van der Waals surface area contributed by atoms with Crippen molar-refractivity contribution in [3.63, 3.8) is 0 Å². The number of carbonyl (C=O) groups is 4. The lowest BCUT2D eigenvalue weighted by molar-refractivity contribution is -0.146. The fourth-order valence-corrected chi connectivity index (χ4v) is 2.67. The van der Waals surface area contributed by atoms with Crippen LogP contribution in [0.3, 0.4) is 0 Å². The third kappa shape index (κ3) is 6.72. The molecule has 0 heterocycles. The highest BCUT2D eigenvalue weighted by atomic mass is 79.9. The second kappa shape index (κ2) is 10.4. The summed E-state index contributed by atoms with van der Waals surface area (Å²) in [6.45, 7) is 0.836. The fourth-order valence-electron chi connectivity index (χ4n) is 2.27. The van der Waals surface area contributed by atoms with Gasteiger partial charge in [-0.15, -0.1) is 0 Å². The van der Waals surface area contributed by atoms with Crippen molar-refractivity contribution in [2.45, 2.75) is 6.92 Å². The van der Waals surface area contributed by atoms with Crippen molar-refractivity contribution in [1.82, 2.24) is 5.32 Å². The Morgan fingerprint density at radius 3 is 2.48 bits per heavy atom. The van der Waals surface area contributed by atoms with Crippen molar-refractivity contribution in [3.05, 3.63) is 63.6 Å². The summed E-state index contributed by atoms with van der Waals surface area (Å²) in [5, 5.41) is 4.98. The molecule has 0 radical (unpaired) electrons. The van der Waals surface area contributed by atoms with E-state index in [-0.39, 0.29) is 12.1 Å². The van der Waals surface area contributed by atoms with E-state index in [0.717, 1.165) is 10.0 Å². The number of nitrogens with one attached hydrogen (secondary N) is 2. The molecule has 2 amide bonds. The molecule has 0 aliphatic rings. The van der Waals surface area contributed by atoms with Crippen LogP contribution in [0.1, 0.15) is 26.3 Å². The van der Waals surface area contributed by atoms with Crippen molar-refractivity contribution >= 4 is 45.4 Å². The van der Waals surface area contributed by atoms with Crippen molar-refractivity contribution in [2.24, 2.45) is 0 Å². The second-order valence-electron chi connectivity index (χ2n) is 5.92. The molecule has 2 rings (SSSR count). The zero-order valence-corrected chi connectivity index (χ0v) is 17.4. The summed E-state index contributed by atoms with van der Waals surface area (Å²) >= 11 is 3.26. The maximum Gasteiger partial charge on any atom is 0.337 e. The summed E-state index contributed by atoms with van der Waals surface area (Å²) in [7, 11) is 1.26. The van der Waals surface area contributed by atoms with Gasteiger partial charge >= 0.3 is 11.9 Å². The number of hydrogen-bond acceptors (Lipinski definition) is 6. The second-order valence-corrected chi connectivity index (χ2v) is 6.84. The summed E-state index contributed by atoms with van der Waals surface area (Å²) in [6.07, 6.45) is 0. The molecule has 0 unspecified atom stereocenters. The summed E-state index contributed by atoms with van der Waals surface area (Å²) in [5.74, 6) is -2.32. The van der Waals surface area contributed by atoms with Crippen LogP contribution >= 0.6 is 15.9 Å². The molecule has 2 N–H and O–H groups in total. The average molecular weight is 463 g/mol. The van der Waals surface area contributed by atoms with E-state index in [1.54, 1.807) is 43.3 Å². The van der Waals surface area contributed by atoms with Gasteiger partial charge in [-0.25, -0.2) is 4.79 Å². The number of aryl methyl sites for hydroxylation is 1. The highest BCUT2D eigenvalue weighted by Gasteiger charge is 2.13. The number of halogens is 1. The number of anilines is 1. The Morgan fingerprint density at radius 1 is 1.03 bits per heavy atom. The molecule has 152 valence electrons. The molecule has 0 aliphatic carbocycles. The average Bonchev–Trinajstić information content (AvgIpc) is 2.71. The van der Waals surface area contributed by atoms with Crippen LogP contribution in [-0.2, 0) is 19.1 Å². The minimum Gasteiger partial charge on any atom is -0.465 e. The predicted molar refractivity (Wildman–Crippen MR) is 109 cm³/mol. The predicted octanol–water partition coefficient (Wildman–Crippen LogP) is 2.46. The third-order valence-corrected chi connectivity index (χ3v) is 4.27. The van der Waals surface area contributed by atoms with E-state index in [1.807, 2.05) is 0 Å². The van der Waals surface area contributed by atoms with Crippen LogP contribution < -0.4 is 10.6 Å². The molecule has 0 saturated carbocycles. The first kappa shape index (κ1) is 22.1. The van der Waals surface area contributed by atoms with E-state index >= 15 is 0 Å². The van der Waals surface area contributed by atoms with E-state index in [0.29, 0.717) is 11.3 Å². The van der Waals surface area contributed by atoms with E-state index < -0.39 is 30.4 Å². The molecule has 0 spiro atoms. The standard InChI is InChI=1S/C20H19BrN2O6/c1-12-6-7-14(20(27)28-2)9-16(12)23-17(24)11-29-18(25)10-22-19(26)13-4-3-5-15(21)8-13/h3-9H,10-11H2,1-2H3,(H,22,26)(H,23,24). The first-order chi connectivity index (χ1) is 13.8. The minimum absolute atomic E-state index is 0.278. The largest absolute Gasteiger partial charge is 0.465 e. The molecule has 0 bridgehead atoms. The zero-order chi connectivity index (χ0) is 21.4. The van der Waals surface area contributed by atoms with Gasteiger partial charge in [-0.05, 0) is 42.8 Å². The van der Waals surface area contributed by atoms with Gasteiger partial charge in [0.05, 0.1) is 12.7 Å². The first-order valence-electron chi connectivity index (χ1n) is 8.48. The summed E-state index contributed by atoms with van der Waals surface area (Å²) in [5.41, 5.74) is 1.78. The van der Waals surface area contributed by atoms with Gasteiger partial charge in [-0.2, -0.15) is 0 Å². The van der Waals surface area contributed by atoms with Gasteiger partial charge in [0, 0.05) is 15.7 Å². The number of amides is 2. The van der Waals surface area contributed by atoms with Crippen LogP contribution in [-0.4, -0.2) is 44.0 Å². The number of hydrogen-bond donors (Lipinski definition) is 2. The highest BCUT2D eigenvalue weighted by molar-refractivity contribution is 9.10. The van der Waals surface area contributed by atoms with Crippen LogP contribution in [0, 0.1) is 6.92 Å². The smallest absolute Gasteiger partial charge is 0.337 e. The molecule has 0 aliphatic heterocycles. The Bertz CT molecular complexity index is 944. The molecule has 0 atom stereocenters. The van der Waals surface area contributed by atoms with Gasteiger partial charge in [0.1, 0.15) is 6.54 Å². The normalized spacial score (nSPS) is 10.0. The van der Waals surface area contributed by atoms with Gasteiger partial charge in [-0.3, -0.25) is 14.4 Å². The Balaban J connectivity index is 1.82. The molecule has 29 heavy (non-hydrogen) atoms. The quantitative estimate of drug-likeness (QED) is 0.611. The number of ether oxygens (including phenoxy) is 2. The Hall–Kier alpha value is -3.20. The minimum atomic E-state index is -0.761. The maximum atomic E-state index is 12.0. The van der Waals surface area contributed by atoms with Crippen LogP contribution in [0.5, 0.6) is 0 Å². The van der Waals surface area contributed by atoms with Crippen molar-refractivity contribution in [2.75, 3.05) is 25.6 Å². The highest BCUT2D eigenvalue weighted by Crippen LogP contribution is 2.17. The summed E-state index contributed by atoms with van der Waals surface area (Å²) in [4.78, 5) is 47.3. The molecule has 0 fully saturated rings. The number of esters is 2. The molecule has 2 aromatic carbocycles. The van der Waals surface area contributed by atoms with E-state index in [9.17, 15) is 19.2 Å². The van der Waals surface area contributed by atoms with Gasteiger partial charge in [0.25, 0.3) is 11.8 Å². The van der Waals surface area contributed by atoms with E-state index in [2.05, 4.69) is 31.3 Å². The Kier molecular flexibility index (Phi) is 7.90. The van der Waals surface area contributed by atoms with Gasteiger partial charge < -0.3 is 20.1 Å². The summed E-state index contributed by atoms with van der Waals surface area (Å²) in [6, 6.07) is 11.4. The van der Waals surface area contributed by atoms with Gasteiger partial charge in [0.2, 0.25) is 0 Å². The molecule has 0 aromatic heterocycles. The topological polar surface area (TPSA) is 111 Å². The van der Waals surface area contributed by atoms with Crippen molar-refractivity contribution in [3.8, 4) is 0 Å². The molecule has 0 saturated heterocycles. The molecular formula is C20H19BrN2O6. The van der Waals surface area contributed by atoms with Gasteiger partial charge in [0.15, 0.2) is 6.61 Å².